The molecule has 110 valence electrons. The monoisotopic (exact) mass is 284 g/mol. The Morgan fingerprint density at radius 3 is 2.67 bits per heavy atom. The standard InChI is InChI=1S/C17H20N2O2/c1-12-6-3-4-9-15(12)19-16(17(18)20)14-8-5-7-13(10-14)11-21-2/h3-10,16,19H,11H2,1-2H3,(H2,18,20). The fourth-order valence-corrected chi connectivity index (χ4v) is 2.24. The third kappa shape index (κ3) is 3.83. The molecule has 0 heterocycles. The first-order valence-corrected chi connectivity index (χ1v) is 6.81. The summed E-state index contributed by atoms with van der Waals surface area (Å²) in [7, 11) is 1.64. The number of carbonyl (C=O) groups excluding carboxylic acids is 1. The number of hydrogen-bond acceptors (Lipinski definition) is 3. The molecule has 0 aliphatic rings. The normalized spacial score (nSPS) is 11.9. The highest BCUT2D eigenvalue weighted by Crippen LogP contribution is 2.23. The van der Waals surface area contributed by atoms with Gasteiger partial charge in [0.05, 0.1) is 6.61 Å². The van der Waals surface area contributed by atoms with Crippen molar-refractivity contribution in [1.29, 1.82) is 0 Å². The number of methoxy groups -OCH3 is 1. The Balaban J connectivity index is 2.29. The Labute approximate surface area is 124 Å². The lowest BCUT2D eigenvalue weighted by Crippen LogP contribution is -2.28. The van der Waals surface area contributed by atoms with Gasteiger partial charge in [-0.25, -0.2) is 0 Å². The second-order valence-electron chi connectivity index (χ2n) is 4.97. The first kappa shape index (κ1) is 15.1. The molecule has 0 bridgehead atoms. The van der Waals surface area contributed by atoms with Crippen LogP contribution in [0.15, 0.2) is 48.5 Å². The van der Waals surface area contributed by atoms with E-state index in [1.807, 2.05) is 55.5 Å². The number of amides is 1. The lowest BCUT2D eigenvalue weighted by Gasteiger charge is -2.19. The summed E-state index contributed by atoms with van der Waals surface area (Å²) in [6, 6.07) is 14.9. The molecule has 0 spiro atoms. The zero-order valence-corrected chi connectivity index (χ0v) is 12.3. The second kappa shape index (κ2) is 6.90. The number of benzene rings is 2. The maximum absolute atomic E-state index is 11.8. The Morgan fingerprint density at radius 1 is 1.24 bits per heavy atom. The molecule has 4 heteroatoms. The topological polar surface area (TPSA) is 64.3 Å². The fourth-order valence-electron chi connectivity index (χ4n) is 2.24. The molecule has 0 fully saturated rings. The number of carbonyl (C=O) groups is 1. The van der Waals surface area contributed by atoms with Crippen molar-refractivity contribution < 1.29 is 9.53 Å². The van der Waals surface area contributed by atoms with Gasteiger partial charge in [-0.1, -0.05) is 42.5 Å². The number of hydrogen-bond donors (Lipinski definition) is 2. The lowest BCUT2D eigenvalue weighted by molar-refractivity contribution is -0.118. The molecule has 0 saturated heterocycles. The summed E-state index contributed by atoms with van der Waals surface area (Å²) in [5.41, 5.74) is 9.37. The molecule has 1 amide bonds. The minimum atomic E-state index is -0.567. The van der Waals surface area contributed by atoms with E-state index in [0.29, 0.717) is 6.61 Å². The second-order valence-corrected chi connectivity index (χ2v) is 4.97. The molecular formula is C17H20N2O2. The Hall–Kier alpha value is -2.33. The highest BCUT2D eigenvalue weighted by Gasteiger charge is 2.18. The first-order chi connectivity index (χ1) is 10.1. The molecule has 0 aromatic heterocycles. The summed E-state index contributed by atoms with van der Waals surface area (Å²) >= 11 is 0. The summed E-state index contributed by atoms with van der Waals surface area (Å²) in [5, 5.41) is 3.22. The van der Waals surface area contributed by atoms with E-state index in [2.05, 4.69) is 5.32 Å². The number of aryl methyl sites for hydroxylation is 1. The van der Waals surface area contributed by atoms with E-state index in [0.717, 1.165) is 22.4 Å². The number of nitrogens with two attached hydrogens (primary N) is 1. The van der Waals surface area contributed by atoms with E-state index >= 15 is 0 Å². The Bertz CT molecular complexity index is 626. The van der Waals surface area contributed by atoms with E-state index in [1.165, 1.54) is 0 Å². The van der Waals surface area contributed by atoms with Crippen molar-refractivity contribution in [3.63, 3.8) is 0 Å². The van der Waals surface area contributed by atoms with Gasteiger partial charge in [-0.15, -0.1) is 0 Å². The molecule has 0 saturated carbocycles. The SMILES string of the molecule is COCc1cccc(C(Nc2ccccc2C)C(N)=O)c1. The highest BCUT2D eigenvalue weighted by atomic mass is 16.5. The molecule has 0 aliphatic heterocycles. The van der Waals surface area contributed by atoms with Crippen LogP contribution in [0.4, 0.5) is 5.69 Å². The van der Waals surface area contributed by atoms with Crippen LogP contribution < -0.4 is 11.1 Å². The van der Waals surface area contributed by atoms with Crippen LogP contribution in [0, 0.1) is 6.92 Å². The van der Waals surface area contributed by atoms with Crippen LogP contribution in [-0.4, -0.2) is 13.0 Å². The van der Waals surface area contributed by atoms with Crippen molar-refractivity contribution in [2.45, 2.75) is 19.6 Å². The van der Waals surface area contributed by atoms with Crippen molar-refractivity contribution >= 4 is 11.6 Å². The third-order valence-electron chi connectivity index (χ3n) is 3.32. The number of nitrogens with one attached hydrogen (secondary N) is 1. The third-order valence-corrected chi connectivity index (χ3v) is 3.32. The molecule has 3 N–H and O–H groups in total. The van der Waals surface area contributed by atoms with Crippen LogP contribution in [0.5, 0.6) is 0 Å². The number of ether oxygens (including phenoxy) is 1. The van der Waals surface area contributed by atoms with Crippen LogP contribution in [0.2, 0.25) is 0 Å². The largest absolute Gasteiger partial charge is 0.380 e. The van der Waals surface area contributed by atoms with Crippen molar-refractivity contribution in [2.24, 2.45) is 5.73 Å². The molecule has 1 atom stereocenters. The summed E-state index contributed by atoms with van der Waals surface area (Å²) in [5.74, 6) is -0.409. The maximum atomic E-state index is 11.8. The van der Waals surface area contributed by atoms with Crippen LogP contribution in [0.3, 0.4) is 0 Å². The molecule has 4 nitrogen and oxygen atoms in total. The Morgan fingerprint density at radius 2 is 2.00 bits per heavy atom. The predicted octanol–water partition coefficient (Wildman–Crippen LogP) is 2.78. The van der Waals surface area contributed by atoms with Gasteiger partial charge >= 0.3 is 0 Å². The summed E-state index contributed by atoms with van der Waals surface area (Å²) in [6.07, 6.45) is 0. The van der Waals surface area contributed by atoms with Crippen LogP contribution in [-0.2, 0) is 16.1 Å². The van der Waals surface area contributed by atoms with Crippen molar-refractivity contribution in [1.82, 2.24) is 0 Å². The van der Waals surface area contributed by atoms with Gasteiger partial charge in [0, 0.05) is 12.8 Å². The van der Waals surface area contributed by atoms with Gasteiger partial charge in [-0.05, 0) is 29.7 Å². The van der Waals surface area contributed by atoms with Crippen molar-refractivity contribution in [3.8, 4) is 0 Å². The van der Waals surface area contributed by atoms with E-state index in [9.17, 15) is 4.79 Å². The lowest BCUT2D eigenvalue weighted by atomic mass is 10.0. The average molecular weight is 284 g/mol. The maximum Gasteiger partial charge on any atom is 0.244 e. The van der Waals surface area contributed by atoms with Gasteiger partial charge in [0.25, 0.3) is 0 Å². The van der Waals surface area contributed by atoms with Gasteiger partial charge in [-0.2, -0.15) is 0 Å². The molecule has 2 rings (SSSR count). The summed E-state index contributed by atoms with van der Waals surface area (Å²) in [6.45, 7) is 2.49. The number of rotatable bonds is 6. The van der Waals surface area contributed by atoms with E-state index < -0.39 is 11.9 Å². The molecule has 21 heavy (non-hydrogen) atoms. The van der Waals surface area contributed by atoms with Crippen LogP contribution in [0.1, 0.15) is 22.7 Å². The average Bonchev–Trinajstić information content (AvgIpc) is 2.46. The van der Waals surface area contributed by atoms with E-state index in [1.54, 1.807) is 7.11 Å². The summed E-state index contributed by atoms with van der Waals surface area (Å²) in [4.78, 5) is 11.8. The first-order valence-electron chi connectivity index (χ1n) is 6.81. The zero-order chi connectivity index (χ0) is 15.2. The zero-order valence-electron chi connectivity index (χ0n) is 12.3. The molecule has 2 aromatic rings. The van der Waals surface area contributed by atoms with E-state index in [4.69, 9.17) is 10.5 Å². The van der Waals surface area contributed by atoms with Crippen molar-refractivity contribution in [3.05, 3.63) is 65.2 Å². The quantitative estimate of drug-likeness (QED) is 0.857. The molecular weight excluding hydrogens is 264 g/mol. The highest BCUT2D eigenvalue weighted by molar-refractivity contribution is 5.84. The minimum absolute atomic E-state index is 0.409. The van der Waals surface area contributed by atoms with Crippen LogP contribution in [0.25, 0.3) is 0 Å². The fraction of sp³-hybridized carbons (Fsp3) is 0.235. The number of anilines is 1. The van der Waals surface area contributed by atoms with E-state index in [-0.39, 0.29) is 0 Å². The minimum Gasteiger partial charge on any atom is -0.380 e. The van der Waals surface area contributed by atoms with Gasteiger partial charge in [0.2, 0.25) is 5.91 Å². The van der Waals surface area contributed by atoms with Gasteiger partial charge in [-0.3, -0.25) is 4.79 Å². The number of primary amides is 1. The summed E-state index contributed by atoms with van der Waals surface area (Å²) < 4.78 is 5.12. The predicted molar refractivity (Wildman–Crippen MR) is 83.9 cm³/mol. The van der Waals surface area contributed by atoms with Crippen molar-refractivity contribution in [2.75, 3.05) is 12.4 Å². The molecule has 0 aliphatic carbocycles. The van der Waals surface area contributed by atoms with Gasteiger partial charge < -0.3 is 15.8 Å². The smallest absolute Gasteiger partial charge is 0.244 e. The Kier molecular flexibility index (Phi) is 4.95. The molecule has 0 radical (unpaired) electrons. The number of para-hydroxylation sites is 1. The van der Waals surface area contributed by atoms with Gasteiger partial charge in [0.15, 0.2) is 0 Å². The molecule has 1 unspecified atom stereocenters. The van der Waals surface area contributed by atoms with Gasteiger partial charge in [0.1, 0.15) is 6.04 Å². The molecule has 2 aromatic carbocycles. The van der Waals surface area contributed by atoms with Crippen LogP contribution >= 0.6 is 0 Å².